The topological polar surface area (TPSA) is 49.6 Å². The van der Waals surface area contributed by atoms with E-state index in [4.69, 9.17) is 9.97 Å². The third kappa shape index (κ3) is 3.82. The van der Waals surface area contributed by atoms with Gasteiger partial charge in [-0.25, -0.2) is 4.98 Å². The summed E-state index contributed by atoms with van der Waals surface area (Å²) in [5.74, 6) is 0. The summed E-state index contributed by atoms with van der Waals surface area (Å²) in [5, 5.41) is 16.2. The van der Waals surface area contributed by atoms with Gasteiger partial charge in [0.2, 0.25) is 0 Å². The van der Waals surface area contributed by atoms with Gasteiger partial charge in [-0.2, -0.15) is 5.26 Å². The van der Waals surface area contributed by atoms with Crippen molar-refractivity contribution in [2.45, 2.75) is 0 Å². The molecule has 0 fully saturated rings. The Morgan fingerprint density at radius 3 is 1.76 bits per heavy atom. The van der Waals surface area contributed by atoms with Crippen LogP contribution in [0, 0.1) is 11.3 Å². The molecule has 0 unspecified atom stereocenters. The molecule has 0 aliphatic carbocycles. The maximum Gasteiger partial charge on any atom is 0.0991 e. The highest BCUT2D eigenvalue weighted by Crippen LogP contribution is 2.44. The van der Waals surface area contributed by atoms with Crippen LogP contribution in [0.25, 0.3) is 76.9 Å². The molecule has 8 rings (SSSR count). The first-order valence-electron chi connectivity index (χ1n) is 14.0. The molecule has 0 bridgehead atoms. The van der Waals surface area contributed by atoms with Crippen LogP contribution in [0.1, 0.15) is 5.56 Å². The van der Waals surface area contributed by atoms with Crippen LogP contribution in [0.4, 0.5) is 0 Å². The van der Waals surface area contributed by atoms with Crippen molar-refractivity contribution in [3.8, 4) is 39.6 Å². The van der Waals surface area contributed by atoms with Crippen LogP contribution >= 0.6 is 0 Å². The molecule has 3 heteroatoms. The monoisotopic (exact) mass is 533 g/mol. The lowest BCUT2D eigenvalue weighted by Gasteiger charge is -2.19. The summed E-state index contributed by atoms with van der Waals surface area (Å²) < 4.78 is 0. The predicted molar refractivity (Wildman–Crippen MR) is 173 cm³/mol. The fourth-order valence-electron chi connectivity index (χ4n) is 6.15. The van der Waals surface area contributed by atoms with E-state index >= 15 is 0 Å². The molecule has 0 atom stereocenters. The third-order valence-corrected chi connectivity index (χ3v) is 8.14. The number of nitrogens with zero attached hydrogens (tertiary/aromatic N) is 3. The number of nitriles is 1. The van der Waals surface area contributed by atoms with Gasteiger partial charge in [-0.3, -0.25) is 4.98 Å². The normalized spacial score (nSPS) is 11.3. The number of fused-ring (bicyclic) bond motifs is 5. The van der Waals surface area contributed by atoms with Crippen molar-refractivity contribution >= 4 is 43.4 Å². The fourth-order valence-corrected chi connectivity index (χ4v) is 6.15. The average Bonchev–Trinajstić information content (AvgIpc) is 3.07. The van der Waals surface area contributed by atoms with Gasteiger partial charge in [-0.1, -0.05) is 109 Å². The quantitative estimate of drug-likeness (QED) is 0.212. The fraction of sp³-hybridized carbons (Fsp3) is 0. The second kappa shape index (κ2) is 9.66. The standard InChI is InChI=1S/C39H23N3/c40-24-25-11-13-28(14-12-25)36-31-9-3-1-6-26(31)17-20-33(36)34-21-18-27-7-2-4-10-32(27)37(34)35-22-19-30-16-15-29-8-5-23-41-38(29)39(30)42-35/h1-23H. The zero-order chi connectivity index (χ0) is 28.0. The molecule has 8 aromatic rings. The minimum Gasteiger partial charge on any atom is -0.254 e. The maximum absolute atomic E-state index is 9.45. The van der Waals surface area contributed by atoms with E-state index in [1.165, 1.54) is 10.8 Å². The summed E-state index contributed by atoms with van der Waals surface area (Å²) in [6.45, 7) is 0. The minimum atomic E-state index is 0.646. The number of pyridine rings is 2. The van der Waals surface area contributed by atoms with Crippen LogP contribution < -0.4 is 0 Å². The minimum absolute atomic E-state index is 0.646. The van der Waals surface area contributed by atoms with Crippen molar-refractivity contribution in [1.82, 2.24) is 9.97 Å². The summed E-state index contributed by atoms with van der Waals surface area (Å²) in [6, 6.07) is 48.5. The molecule has 0 N–H and O–H groups in total. The molecule has 42 heavy (non-hydrogen) atoms. The first-order valence-corrected chi connectivity index (χ1v) is 14.0. The molecule has 0 saturated carbocycles. The Labute approximate surface area is 243 Å². The van der Waals surface area contributed by atoms with Crippen molar-refractivity contribution in [2.75, 3.05) is 0 Å². The Kier molecular flexibility index (Phi) is 5.52. The molecule has 3 nitrogen and oxygen atoms in total. The van der Waals surface area contributed by atoms with Crippen LogP contribution in [-0.4, -0.2) is 9.97 Å². The average molecular weight is 534 g/mol. The van der Waals surface area contributed by atoms with E-state index in [0.717, 1.165) is 66.1 Å². The molecule has 0 aliphatic heterocycles. The molecule has 0 amide bonds. The van der Waals surface area contributed by atoms with Crippen LogP contribution in [0.3, 0.4) is 0 Å². The first-order chi connectivity index (χ1) is 20.8. The molecule has 194 valence electrons. The predicted octanol–water partition coefficient (Wildman–Crippen LogP) is 9.96. The lowest BCUT2D eigenvalue weighted by Crippen LogP contribution is -1.95. The van der Waals surface area contributed by atoms with Crippen molar-refractivity contribution in [3.63, 3.8) is 0 Å². The van der Waals surface area contributed by atoms with E-state index < -0.39 is 0 Å². The number of rotatable bonds is 3. The Morgan fingerprint density at radius 2 is 1.05 bits per heavy atom. The molecule has 6 aromatic carbocycles. The van der Waals surface area contributed by atoms with Gasteiger partial charge in [-0.15, -0.1) is 0 Å². The summed E-state index contributed by atoms with van der Waals surface area (Å²) in [6.07, 6.45) is 1.83. The summed E-state index contributed by atoms with van der Waals surface area (Å²) in [5.41, 5.74) is 8.89. The smallest absolute Gasteiger partial charge is 0.0991 e. The van der Waals surface area contributed by atoms with E-state index in [-0.39, 0.29) is 0 Å². The molecule has 0 saturated heterocycles. The van der Waals surface area contributed by atoms with E-state index in [1.54, 1.807) is 0 Å². The second-order valence-corrected chi connectivity index (χ2v) is 10.5. The molecule has 2 heterocycles. The van der Waals surface area contributed by atoms with Crippen LogP contribution in [-0.2, 0) is 0 Å². The summed E-state index contributed by atoms with van der Waals surface area (Å²) >= 11 is 0. The van der Waals surface area contributed by atoms with E-state index in [1.807, 2.05) is 24.4 Å². The Hall–Kier alpha value is -5.85. The van der Waals surface area contributed by atoms with Crippen LogP contribution in [0.2, 0.25) is 0 Å². The molecule has 0 radical (unpaired) electrons. The lowest BCUT2D eigenvalue weighted by atomic mass is 9.85. The third-order valence-electron chi connectivity index (χ3n) is 8.14. The van der Waals surface area contributed by atoms with Gasteiger partial charge in [0.25, 0.3) is 0 Å². The number of benzene rings is 6. The van der Waals surface area contributed by atoms with Crippen molar-refractivity contribution in [3.05, 3.63) is 145 Å². The van der Waals surface area contributed by atoms with Gasteiger partial charge >= 0.3 is 0 Å². The van der Waals surface area contributed by atoms with Crippen molar-refractivity contribution < 1.29 is 0 Å². The van der Waals surface area contributed by atoms with E-state index in [2.05, 4.69) is 121 Å². The van der Waals surface area contributed by atoms with Gasteiger partial charge in [0.05, 0.1) is 28.4 Å². The maximum atomic E-state index is 9.45. The molecular weight excluding hydrogens is 510 g/mol. The van der Waals surface area contributed by atoms with E-state index in [0.29, 0.717) is 5.56 Å². The Morgan fingerprint density at radius 1 is 0.476 bits per heavy atom. The summed E-state index contributed by atoms with van der Waals surface area (Å²) in [4.78, 5) is 10.0. The van der Waals surface area contributed by atoms with Gasteiger partial charge in [0, 0.05) is 22.5 Å². The summed E-state index contributed by atoms with van der Waals surface area (Å²) in [7, 11) is 0. The van der Waals surface area contributed by atoms with Gasteiger partial charge in [0.1, 0.15) is 0 Å². The highest BCUT2D eigenvalue weighted by molar-refractivity contribution is 6.11. The highest BCUT2D eigenvalue weighted by Gasteiger charge is 2.19. The van der Waals surface area contributed by atoms with Crippen molar-refractivity contribution in [2.24, 2.45) is 0 Å². The molecule has 0 aliphatic rings. The number of hydrogen-bond donors (Lipinski definition) is 0. The Bertz CT molecular complexity index is 2360. The highest BCUT2D eigenvalue weighted by atomic mass is 14.8. The lowest BCUT2D eigenvalue weighted by molar-refractivity contribution is 1.37. The first kappa shape index (κ1) is 24.0. The number of aromatic nitrogens is 2. The zero-order valence-electron chi connectivity index (χ0n) is 22.6. The molecule has 2 aromatic heterocycles. The zero-order valence-corrected chi connectivity index (χ0v) is 22.6. The van der Waals surface area contributed by atoms with Gasteiger partial charge in [-0.05, 0) is 68.1 Å². The number of hydrogen-bond acceptors (Lipinski definition) is 3. The molecular formula is C39H23N3. The van der Waals surface area contributed by atoms with Gasteiger partial charge in [0.15, 0.2) is 0 Å². The largest absolute Gasteiger partial charge is 0.254 e. The van der Waals surface area contributed by atoms with Crippen LogP contribution in [0.5, 0.6) is 0 Å². The van der Waals surface area contributed by atoms with Crippen molar-refractivity contribution in [1.29, 1.82) is 5.26 Å². The second-order valence-electron chi connectivity index (χ2n) is 10.5. The SMILES string of the molecule is N#Cc1ccc(-c2c(-c3ccc4ccccc4c3-c3ccc4ccc5cccnc5c4n3)ccc3ccccc23)cc1. The van der Waals surface area contributed by atoms with Crippen LogP contribution in [0.15, 0.2) is 140 Å². The Balaban J connectivity index is 1.47. The molecule has 0 spiro atoms. The van der Waals surface area contributed by atoms with E-state index in [9.17, 15) is 5.26 Å². The van der Waals surface area contributed by atoms with Gasteiger partial charge < -0.3 is 0 Å².